The Kier molecular flexibility index (Phi) is 4.53. The number of ether oxygens (including phenoxy) is 1. The van der Waals surface area contributed by atoms with Gasteiger partial charge in [0, 0.05) is 29.6 Å². The molecule has 0 bridgehead atoms. The van der Waals surface area contributed by atoms with Crippen LogP contribution < -0.4 is 4.74 Å². The molecule has 1 unspecified atom stereocenters. The summed E-state index contributed by atoms with van der Waals surface area (Å²) < 4.78 is 10.9. The molecule has 0 saturated carbocycles. The molecule has 1 amide bonds. The summed E-state index contributed by atoms with van der Waals surface area (Å²) in [6.07, 6.45) is 4.37. The highest BCUT2D eigenvalue weighted by molar-refractivity contribution is 5.99. The number of carbonyl (C=O) groups excluding carboxylic acids is 1. The van der Waals surface area contributed by atoms with E-state index >= 15 is 0 Å². The number of carbonyl (C=O) groups is 2. The number of furan rings is 1. The quantitative estimate of drug-likeness (QED) is 0.862. The van der Waals surface area contributed by atoms with Gasteiger partial charge in [0.05, 0.1) is 13.4 Å². The van der Waals surface area contributed by atoms with Crippen molar-refractivity contribution in [3.8, 4) is 5.75 Å². The molecule has 0 spiro atoms. The molecular weight excluding hydrogens is 322 g/mol. The number of aryl methyl sites for hydroxylation is 1. The Labute approximate surface area is 145 Å². The van der Waals surface area contributed by atoms with E-state index in [1.807, 2.05) is 19.9 Å². The molecule has 0 aliphatic carbocycles. The third-order valence-electron chi connectivity index (χ3n) is 4.67. The van der Waals surface area contributed by atoms with E-state index in [1.54, 1.807) is 19.4 Å². The predicted molar refractivity (Wildman–Crippen MR) is 93.5 cm³/mol. The van der Waals surface area contributed by atoms with Gasteiger partial charge in [0.1, 0.15) is 17.4 Å². The fourth-order valence-corrected chi connectivity index (χ4v) is 3.29. The van der Waals surface area contributed by atoms with E-state index in [1.165, 1.54) is 11.0 Å². The number of carboxylic acids is 1. The average Bonchev–Trinajstić information content (AvgIpc) is 3.21. The van der Waals surface area contributed by atoms with Crippen molar-refractivity contribution >= 4 is 28.4 Å². The molecule has 1 saturated heterocycles. The normalized spacial score (nSPS) is 18.0. The van der Waals surface area contributed by atoms with Crippen LogP contribution in [0.25, 0.3) is 16.5 Å². The second-order valence-corrected chi connectivity index (χ2v) is 6.32. The van der Waals surface area contributed by atoms with Gasteiger partial charge in [0.15, 0.2) is 0 Å². The molecule has 1 aromatic carbocycles. The van der Waals surface area contributed by atoms with Crippen molar-refractivity contribution in [2.45, 2.75) is 32.7 Å². The van der Waals surface area contributed by atoms with Gasteiger partial charge in [-0.25, -0.2) is 4.79 Å². The topological polar surface area (TPSA) is 80.0 Å². The summed E-state index contributed by atoms with van der Waals surface area (Å²) in [5, 5.41) is 10.2. The van der Waals surface area contributed by atoms with Crippen molar-refractivity contribution < 1.29 is 23.8 Å². The highest BCUT2D eigenvalue weighted by Gasteiger charge is 2.33. The second kappa shape index (κ2) is 6.63. The van der Waals surface area contributed by atoms with Crippen molar-refractivity contribution in [2.24, 2.45) is 0 Å². The van der Waals surface area contributed by atoms with Crippen LogP contribution in [0, 0.1) is 6.92 Å². The zero-order valence-electron chi connectivity index (χ0n) is 14.5. The van der Waals surface area contributed by atoms with Crippen LogP contribution in [0.4, 0.5) is 0 Å². The summed E-state index contributed by atoms with van der Waals surface area (Å²) in [6, 6.07) is 3.00. The summed E-state index contributed by atoms with van der Waals surface area (Å²) in [5.74, 6) is -0.627. The molecule has 1 aliphatic rings. The number of nitrogens with zero attached hydrogens (tertiary/aromatic N) is 1. The maximum Gasteiger partial charge on any atom is 0.326 e. The second-order valence-electron chi connectivity index (χ2n) is 6.32. The Morgan fingerprint density at radius 2 is 2.16 bits per heavy atom. The largest absolute Gasteiger partial charge is 0.496 e. The smallest absolute Gasteiger partial charge is 0.326 e. The lowest BCUT2D eigenvalue weighted by molar-refractivity contribution is -0.146. The van der Waals surface area contributed by atoms with Gasteiger partial charge in [-0.05, 0) is 43.9 Å². The number of hydrogen-bond donors (Lipinski definition) is 1. The number of carboxylic acid groups (broad SMARTS) is 1. The van der Waals surface area contributed by atoms with Gasteiger partial charge in [0.2, 0.25) is 5.91 Å². The SMILES string of the molecule is COc1cc2occ(C)c2cc1/C(C)=C/C(=O)N1CCCC1C(=O)O. The predicted octanol–water partition coefficient (Wildman–Crippen LogP) is 3.23. The van der Waals surface area contributed by atoms with Gasteiger partial charge in [-0.3, -0.25) is 4.79 Å². The molecule has 1 atom stereocenters. The Bertz CT molecular complexity index is 864. The highest BCUT2D eigenvalue weighted by atomic mass is 16.5. The van der Waals surface area contributed by atoms with E-state index in [0.717, 1.165) is 27.7 Å². The molecule has 1 fully saturated rings. The van der Waals surface area contributed by atoms with Crippen LogP contribution in [0.2, 0.25) is 0 Å². The van der Waals surface area contributed by atoms with Crippen molar-refractivity contribution in [3.63, 3.8) is 0 Å². The molecule has 1 aromatic heterocycles. The minimum atomic E-state index is -0.954. The molecule has 132 valence electrons. The number of hydrogen-bond acceptors (Lipinski definition) is 4. The van der Waals surface area contributed by atoms with Crippen LogP contribution in [0.5, 0.6) is 5.75 Å². The van der Waals surface area contributed by atoms with Gasteiger partial charge in [-0.1, -0.05) is 0 Å². The van der Waals surface area contributed by atoms with E-state index < -0.39 is 12.0 Å². The van der Waals surface area contributed by atoms with Crippen LogP contribution in [-0.4, -0.2) is 41.6 Å². The van der Waals surface area contributed by atoms with E-state index in [9.17, 15) is 14.7 Å². The zero-order chi connectivity index (χ0) is 18.1. The van der Waals surface area contributed by atoms with Crippen molar-refractivity contribution in [1.29, 1.82) is 0 Å². The van der Waals surface area contributed by atoms with Crippen LogP contribution in [-0.2, 0) is 9.59 Å². The molecule has 25 heavy (non-hydrogen) atoms. The fourth-order valence-electron chi connectivity index (χ4n) is 3.29. The first kappa shape index (κ1) is 17.1. The lowest BCUT2D eigenvalue weighted by atomic mass is 10.0. The molecule has 3 rings (SSSR count). The number of benzene rings is 1. The number of rotatable bonds is 4. The standard InChI is InChI=1S/C19H21NO5/c1-11(7-18(21)20-6-4-5-15(20)19(22)23)13-8-14-12(2)10-25-17(14)9-16(13)24-3/h7-10,15H,4-6H2,1-3H3,(H,22,23)/b11-7+. The number of allylic oxidation sites excluding steroid dienone is 1. The molecule has 0 radical (unpaired) electrons. The number of methoxy groups -OCH3 is 1. The van der Waals surface area contributed by atoms with Gasteiger partial charge in [0.25, 0.3) is 0 Å². The van der Waals surface area contributed by atoms with Crippen molar-refractivity contribution in [3.05, 3.63) is 35.6 Å². The van der Waals surface area contributed by atoms with Gasteiger partial charge in [-0.2, -0.15) is 0 Å². The lowest BCUT2D eigenvalue weighted by Crippen LogP contribution is -2.39. The fraction of sp³-hybridized carbons (Fsp3) is 0.368. The first-order chi connectivity index (χ1) is 11.9. The summed E-state index contributed by atoms with van der Waals surface area (Å²) in [7, 11) is 1.57. The maximum absolute atomic E-state index is 12.6. The molecule has 2 aromatic rings. The first-order valence-corrected chi connectivity index (χ1v) is 8.20. The Balaban J connectivity index is 1.96. The summed E-state index contributed by atoms with van der Waals surface area (Å²) in [4.78, 5) is 25.2. The van der Waals surface area contributed by atoms with E-state index in [0.29, 0.717) is 25.1 Å². The minimum absolute atomic E-state index is 0.284. The Morgan fingerprint density at radius 1 is 1.40 bits per heavy atom. The van der Waals surface area contributed by atoms with Crippen LogP contribution in [0.3, 0.4) is 0 Å². The Hall–Kier alpha value is -2.76. The lowest BCUT2D eigenvalue weighted by Gasteiger charge is -2.20. The van der Waals surface area contributed by atoms with Crippen molar-refractivity contribution in [1.82, 2.24) is 4.90 Å². The summed E-state index contributed by atoms with van der Waals surface area (Å²) in [5.41, 5.74) is 3.24. The number of amides is 1. The van der Waals surface area contributed by atoms with Crippen LogP contribution >= 0.6 is 0 Å². The summed E-state index contributed by atoms with van der Waals surface area (Å²) >= 11 is 0. The highest BCUT2D eigenvalue weighted by Crippen LogP contribution is 2.33. The monoisotopic (exact) mass is 343 g/mol. The molecule has 6 heteroatoms. The van der Waals surface area contributed by atoms with Gasteiger partial charge >= 0.3 is 5.97 Å². The minimum Gasteiger partial charge on any atom is -0.496 e. The van der Waals surface area contributed by atoms with Gasteiger partial charge in [-0.15, -0.1) is 0 Å². The molecule has 1 aliphatic heterocycles. The van der Waals surface area contributed by atoms with E-state index in [-0.39, 0.29) is 5.91 Å². The maximum atomic E-state index is 12.6. The van der Waals surface area contributed by atoms with Crippen LogP contribution in [0.15, 0.2) is 28.9 Å². The zero-order valence-corrected chi connectivity index (χ0v) is 14.5. The molecular formula is C19H21NO5. The average molecular weight is 343 g/mol. The third-order valence-corrected chi connectivity index (χ3v) is 4.67. The number of likely N-dealkylation sites (tertiary alicyclic amines) is 1. The van der Waals surface area contributed by atoms with Gasteiger partial charge < -0.3 is 19.2 Å². The molecule has 1 N–H and O–H groups in total. The van der Waals surface area contributed by atoms with Crippen LogP contribution in [0.1, 0.15) is 30.9 Å². The number of aliphatic carboxylic acids is 1. The van der Waals surface area contributed by atoms with Crippen molar-refractivity contribution in [2.75, 3.05) is 13.7 Å². The molecule has 2 heterocycles. The Morgan fingerprint density at radius 3 is 2.84 bits per heavy atom. The molecule has 6 nitrogen and oxygen atoms in total. The third kappa shape index (κ3) is 3.12. The van der Waals surface area contributed by atoms with E-state index in [4.69, 9.17) is 9.15 Å². The number of fused-ring (bicyclic) bond motifs is 1. The first-order valence-electron chi connectivity index (χ1n) is 8.20. The summed E-state index contributed by atoms with van der Waals surface area (Å²) in [6.45, 7) is 4.24. The van der Waals surface area contributed by atoms with E-state index in [2.05, 4.69) is 0 Å².